The molecule has 0 aromatic heterocycles. The van der Waals surface area contributed by atoms with Gasteiger partial charge in [0.1, 0.15) is 5.75 Å². The Hall–Kier alpha value is -2.34. The Morgan fingerprint density at radius 2 is 2.00 bits per heavy atom. The number of nitrogens with zero attached hydrogens (tertiary/aromatic N) is 1. The summed E-state index contributed by atoms with van der Waals surface area (Å²) in [7, 11) is 0. The van der Waals surface area contributed by atoms with Crippen LogP contribution in [-0.2, 0) is 9.59 Å². The SMILES string of the molecule is CC(=O)N1CC(C(=O)Nc2ccc(Br)c(C)c2)Oc2ccccc21. The van der Waals surface area contributed by atoms with Gasteiger partial charge in [0.15, 0.2) is 6.10 Å². The van der Waals surface area contributed by atoms with E-state index >= 15 is 0 Å². The molecule has 0 fully saturated rings. The monoisotopic (exact) mass is 388 g/mol. The molecule has 24 heavy (non-hydrogen) atoms. The summed E-state index contributed by atoms with van der Waals surface area (Å²) < 4.78 is 6.76. The summed E-state index contributed by atoms with van der Waals surface area (Å²) >= 11 is 3.43. The topological polar surface area (TPSA) is 58.6 Å². The predicted octanol–water partition coefficient (Wildman–Crippen LogP) is 3.51. The molecule has 1 heterocycles. The van der Waals surface area contributed by atoms with Gasteiger partial charge in [0.25, 0.3) is 5.91 Å². The molecule has 5 nitrogen and oxygen atoms in total. The second-order valence-corrected chi connectivity index (χ2v) is 6.51. The van der Waals surface area contributed by atoms with E-state index in [0.29, 0.717) is 17.1 Å². The Balaban J connectivity index is 1.81. The van der Waals surface area contributed by atoms with Crippen molar-refractivity contribution in [3.63, 3.8) is 0 Å². The van der Waals surface area contributed by atoms with Crippen molar-refractivity contribution in [2.45, 2.75) is 20.0 Å². The molecule has 1 N–H and O–H groups in total. The van der Waals surface area contributed by atoms with E-state index < -0.39 is 6.10 Å². The first kappa shape index (κ1) is 16.5. The summed E-state index contributed by atoms with van der Waals surface area (Å²) in [4.78, 5) is 26.0. The summed E-state index contributed by atoms with van der Waals surface area (Å²) in [6.45, 7) is 3.62. The average Bonchev–Trinajstić information content (AvgIpc) is 2.57. The van der Waals surface area contributed by atoms with Gasteiger partial charge >= 0.3 is 0 Å². The van der Waals surface area contributed by atoms with Gasteiger partial charge in [-0.05, 0) is 42.8 Å². The highest BCUT2D eigenvalue weighted by Crippen LogP contribution is 2.33. The smallest absolute Gasteiger partial charge is 0.267 e. The number of hydrogen-bond acceptors (Lipinski definition) is 3. The van der Waals surface area contributed by atoms with Crippen molar-refractivity contribution in [2.24, 2.45) is 0 Å². The van der Waals surface area contributed by atoms with E-state index in [1.54, 1.807) is 11.0 Å². The molecule has 1 unspecified atom stereocenters. The van der Waals surface area contributed by atoms with Gasteiger partial charge < -0.3 is 15.0 Å². The van der Waals surface area contributed by atoms with Crippen LogP contribution in [-0.4, -0.2) is 24.5 Å². The fourth-order valence-corrected chi connectivity index (χ4v) is 2.86. The standard InChI is InChI=1S/C18H17BrN2O3/c1-11-9-13(7-8-14(11)19)20-18(23)17-10-21(12(2)22)15-5-3-4-6-16(15)24-17/h3-9,17H,10H2,1-2H3,(H,20,23). The first-order valence-corrected chi connectivity index (χ1v) is 8.36. The molecule has 3 rings (SSSR count). The number of aryl methyl sites for hydroxylation is 1. The number of carbonyl (C=O) groups excluding carboxylic acids is 2. The Morgan fingerprint density at radius 1 is 1.25 bits per heavy atom. The number of ether oxygens (including phenoxy) is 1. The van der Waals surface area contributed by atoms with Crippen LogP contribution in [0.25, 0.3) is 0 Å². The van der Waals surface area contributed by atoms with Crippen molar-refractivity contribution in [2.75, 3.05) is 16.8 Å². The molecule has 124 valence electrons. The molecule has 0 radical (unpaired) electrons. The van der Waals surface area contributed by atoms with Crippen molar-refractivity contribution < 1.29 is 14.3 Å². The fourth-order valence-electron chi connectivity index (χ4n) is 2.61. The van der Waals surface area contributed by atoms with Crippen LogP contribution in [0.4, 0.5) is 11.4 Å². The molecule has 0 bridgehead atoms. The number of para-hydroxylation sites is 2. The lowest BCUT2D eigenvalue weighted by molar-refractivity contribution is -0.123. The minimum atomic E-state index is -0.757. The lowest BCUT2D eigenvalue weighted by atomic mass is 10.1. The van der Waals surface area contributed by atoms with E-state index in [1.807, 2.05) is 43.3 Å². The van der Waals surface area contributed by atoms with Gasteiger partial charge in [-0.2, -0.15) is 0 Å². The van der Waals surface area contributed by atoms with Crippen molar-refractivity contribution in [1.82, 2.24) is 0 Å². The maximum atomic E-state index is 12.6. The van der Waals surface area contributed by atoms with E-state index in [0.717, 1.165) is 10.0 Å². The van der Waals surface area contributed by atoms with Gasteiger partial charge in [0, 0.05) is 17.1 Å². The molecule has 2 aromatic rings. The molecular formula is C18H17BrN2O3. The third-order valence-electron chi connectivity index (χ3n) is 3.87. The largest absolute Gasteiger partial charge is 0.476 e. The van der Waals surface area contributed by atoms with Gasteiger partial charge in [-0.3, -0.25) is 9.59 Å². The molecule has 0 aliphatic carbocycles. The molecule has 0 saturated heterocycles. The zero-order valence-corrected chi connectivity index (χ0v) is 15.0. The molecule has 0 spiro atoms. The number of benzene rings is 2. The predicted molar refractivity (Wildman–Crippen MR) is 96.4 cm³/mol. The van der Waals surface area contributed by atoms with E-state index in [4.69, 9.17) is 4.74 Å². The van der Waals surface area contributed by atoms with Crippen LogP contribution in [0, 0.1) is 6.92 Å². The van der Waals surface area contributed by atoms with E-state index in [1.165, 1.54) is 6.92 Å². The lowest BCUT2D eigenvalue weighted by Crippen LogP contribution is -2.48. The fraction of sp³-hybridized carbons (Fsp3) is 0.222. The number of fused-ring (bicyclic) bond motifs is 1. The Morgan fingerprint density at radius 3 is 2.71 bits per heavy atom. The van der Waals surface area contributed by atoms with Gasteiger partial charge in [-0.25, -0.2) is 0 Å². The third kappa shape index (κ3) is 3.28. The molecule has 1 aliphatic heterocycles. The van der Waals surface area contributed by atoms with Crippen molar-refractivity contribution in [3.8, 4) is 5.75 Å². The van der Waals surface area contributed by atoms with Gasteiger partial charge in [-0.15, -0.1) is 0 Å². The first-order chi connectivity index (χ1) is 11.5. The van der Waals surface area contributed by atoms with E-state index in [9.17, 15) is 9.59 Å². The highest BCUT2D eigenvalue weighted by atomic mass is 79.9. The average molecular weight is 389 g/mol. The number of carbonyl (C=O) groups is 2. The molecular weight excluding hydrogens is 372 g/mol. The van der Waals surface area contributed by atoms with Crippen LogP contribution >= 0.6 is 15.9 Å². The molecule has 1 atom stereocenters. The molecule has 2 amide bonds. The quantitative estimate of drug-likeness (QED) is 0.855. The number of amides is 2. The van der Waals surface area contributed by atoms with E-state index in [2.05, 4.69) is 21.2 Å². The number of anilines is 2. The van der Waals surface area contributed by atoms with Crippen LogP contribution in [0.5, 0.6) is 5.75 Å². The summed E-state index contributed by atoms with van der Waals surface area (Å²) in [6.07, 6.45) is -0.757. The van der Waals surface area contributed by atoms with Crippen LogP contribution in [0.2, 0.25) is 0 Å². The normalized spacial score (nSPS) is 16.1. The maximum absolute atomic E-state index is 12.6. The summed E-state index contributed by atoms with van der Waals surface area (Å²) in [5.74, 6) is 0.131. The highest BCUT2D eigenvalue weighted by Gasteiger charge is 2.32. The van der Waals surface area contributed by atoms with Gasteiger partial charge in [-0.1, -0.05) is 28.1 Å². The Bertz CT molecular complexity index is 807. The molecule has 2 aromatic carbocycles. The minimum absolute atomic E-state index is 0.122. The van der Waals surface area contributed by atoms with Crippen molar-refractivity contribution in [1.29, 1.82) is 0 Å². The highest BCUT2D eigenvalue weighted by molar-refractivity contribution is 9.10. The summed E-state index contributed by atoms with van der Waals surface area (Å²) in [5.41, 5.74) is 2.40. The summed E-state index contributed by atoms with van der Waals surface area (Å²) in [6, 6.07) is 12.8. The third-order valence-corrected chi connectivity index (χ3v) is 4.76. The number of rotatable bonds is 2. The number of nitrogens with one attached hydrogen (secondary N) is 1. The first-order valence-electron chi connectivity index (χ1n) is 7.56. The molecule has 0 saturated carbocycles. The molecule has 6 heteroatoms. The minimum Gasteiger partial charge on any atom is -0.476 e. The van der Waals surface area contributed by atoms with Crippen LogP contribution in [0.3, 0.4) is 0 Å². The zero-order valence-electron chi connectivity index (χ0n) is 13.4. The van der Waals surface area contributed by atoms with Crippen LogP contribution in [0.1, 0.15) is 12.5 Å². The zero-order chi connectivity index (χ0) is 17.3. The number of halogens is 1. The lowest BCUT2D eigenvalue weighted by Gasteiger charge is -2.33. The van der Waals surface area contributed by atoms with Crippen molar-refractivity contribution in [3.05, 3.63) is 52.5 Å². The van der Waals surface area contributed by atoms with Crippen LogP contribution in [0.15, 0.2) is 46.9 Å². The summed E-state index contributed by atoms with van der Waals surface area (Å²) in [5, 5.41) is 2.85. The Kier molecular flexibility index (Phi) is 4.57. The number of hydrogen-bond donors (Lipinski definition) is 1. The van der Waals surface area contributed by atoms with Gasteiger partial charge in [0.05, 0.1) is 12.2 Å². The second kappa shape index (κ2) is 6.65. The van der Waals surface area contributed by atoms with Crippen molar-refractivity contribution >= 4 is 39.1 Å². The molecule has 1 aliphatic rings. The maximum Gasteiger partial charge on any atom is 0.267 e. The Labute approximate surface area is 148 Å². The van der Waals surface area contributed by atoms with E-state index in [-0.39, 0.29) is 18.4 Å². The van der Waals surface area contributed by atoms with Gasteiger partial charge in [0.2, 0.25) is 5.91 Å². The van der Waals surface area contributed by atoms with Crippen LogP contribution < -0.4 is 15.0 Å². The second-order valence-electron chi connectivity index (χ2n) is 5.66.